The number of urea groups is 1. The predicted octanol–water partition coefficient (Wildman–Crippen LogP) is 4.37. The standard InChI is InChI=1S/C25H32N2O4/c1-3-4-5-9-16-25(2)23(29)27(24(30)26-25)17-21(28)18-31-22-14-12-20(13-15-22)19-10-7-6-8-11-19/h6-8,10-15,21,28H,3-5,9,16-18H2,1-2H3,(H,26,30). The fraction of sp³-hybridized carbons (Fsp3) is 0.440. The predicted molar refractivity (Wildman–Crippen MR) is 121 cm³/mol. The molecule has 0 bridgehead atoms. The van der Waals surface area contributed by atoms with Crippen LogP contribution >= 0.6 is 0 Å². The van der Waals surface area contributed by atoms with E-state index in [0.717, 1.165) is 41.7 Å². The Labute approximate surface area is 184 Å². The fourth-order valence-electron chi connectivity index (χ4n) is 3.82. The highest BCUT2D eigenvalue weighted by atomic mass is 16.5. The molecule has 1 fully saturated rings. The van der Waals surface area contributed by atoms with Gasteiger partial charge in [0.15, 0.2) is 0 Å². The van der Waals surface area contributed by atoms with E-state index in [2.05, 4.69) is 12.2 Å². The molecule has 1 heterocycles. The van der Waals surface area contributed by atoms with Crippen LogP contribution in [0.1, 0.15) is 46.0 Å². The molecule has 1 saturated heterocycles. The Bertz CT molecular complexity index is 869. The number of aliphatic hydroxyl groups excluding tert-OH is 1. The number of carbonyl (C=O) groups is 2. The molecule has 0 radical (unpaired) electrons. The quantitative estimate of drug-likeness (QED) is 0.415. The number of carbonyl (C=O) groups excluding carboxylic acids is 2. The maximum Gasteiger partial charge on any atom is 0.325 e. The number of imide groups is 1. The monoisotopic (exact) mass is 424 g/mol. The van der Waals surface area contributed by atoms with Crippen molar-refractivity contribution in [2.45, 2.75) is 57.6 Å². The summed E-state index contributed by atoms with van der Waals surface area (Å²) in [5, 5.41) is 13.1. The molecule has 2 unspecified atom stereocenters. The lowest BCUT2D eigenvalue weighted by atomic mass is 9.94. The van der Waals surface area contributed by atoms with E-state index in [1.807, 2.05) is 54.6 Å². The molecule has 2 atom stereocenters. The molecule has 6 nitrogen and oxygen atoms in total. The molecule has 0 aliphatic carbocycles. The van der Waals surface area contributed by atoms with Gasteiger partial charge in [-0.1, -0.05) is 75.1 Å². The van der Waals surface area contributed by atoms with Crippen molar-refractivity contribution in [3.8, 4) is 16.9 Å². The lowest BCUT2D eigenvalue weighted by molar-refractivity contribution is -0.132. The van der Waals surface area contributed by atoms with Crippen molar-refractivity contribution in [2.24, 2.45) is 0 Å². The normalized spacial score (nSPS) is 19.4. The van der Waals surface area contributed by atoms with Crippen molar-refractivity contribution in [1.82, 2.24) is 10.2 Å². The zero-order valence-electron chi connectivity index (χ0n) is 18.3. The van der Waals surface area contributed by atoms with Crippen molar-refractivity contribution in [1.29, 1.82) is 0 Å². The van der Waals surface area contributed by atoms with Gasteiger partial charge in [0.05, 0.1) is 6.54 Å². The summed E-state index contributed by atoms with van der Waals surface area (Å²) in [4.78, 5) is 26.2. The molecule has 2 aromatic carbocycles. The Balaban J connectivity index is 1.49. The number of rotatable bonds is 11. The topological polar surface area (TPSA) is 78.9 Å². The van der Waals surface area contributed by atoms with E-state index in [1.165, 1.54) is 0 Å². The lowest BCUT2D eigenvalue weighted by Gasteiger charge is -2.22. The number of hydrogen-bond donors (Lipinski definition) is 2. The molecule has 0 aromatic heterocycles. The largest absolute Gasteiger partial charge is 0.491 e. The molecule has 2 N–H and O–H groups in total. The second kappa shape index (κ2) is 10.4. The maximum atomic E-state index is 12.8. The van der Waals surface area contributed by atoms with E-state index in [9.17, 15) is 14.7 Å². The van der Waals surface area contributed by atoms with Crippen LogP contribution in [-0.2, 0) is 4.79 Å². The highest BCUT2D eigenvalue weighted by Gasteiger charge is 2.47. The van der Waals surface area contributed by atoms with Crippen LogP contribution in [-0.4, -0.2) is 46.7 Å². The first-order chi connectivity index (χ1) is 14.9. The number of nitrogens with zero attached hydrogens (tertiary/aromatic N) is 1. The molecule has 166 valence electrons. The summed E-state index contributed by atoms with van der Waals surface area (Å²) in [6, 6.07) is 17.2. The first kappa shape index (κ1) is 22.8. The molecular weight excluding hydrogens is 392 g/mol. The van der Waals surface area contributed by atoms with Crippen LogP contribution in [0.3, 0.4) is 0 Å². The van der Waals surface area contributed by atoms with Crippen LogP contribution in [0.25, 0.3) is 11.1 Å². The van der Waals surface area contributed by atoms with E-state index >= 15 is 0 Å². The van der Waals surface area contributed by atoms with Crippen LogP contribution in [0.15, 0.2) is 54.6 Å². The first-order valence-electron chi connectivity index (χ1n) is 11.0. The zero-order valence-corrected chi connectivity index (χ0v) is 18.3. The van der Waals surface area contributed by atoms with Crippen molar-refractivity contribution in [3.63, 3.8) is 0 Å². The van der Waals surface area contributed by atoms with Gasteiger partial charge in [0.1, 0.15) is 24.0 Å². The van der Waals surface area contributed by atoms with Gasteiger partial charge >= 0.3 is 6.03 Å². The second-order valence-electron chi connectivity index (χ2n) is 8.34. The summed E-state index contributed by atoms with van der Waals surface area (Å²) < 4.78 is 5.66. The highest BCUT2D eigenvalue weighted by Crippen LogP contribution is 2.25. The zero-order chi connectivity index (χ0) is 22.3. The number of ether oxygens (including phenoxy) is 1. The van der Waals surface area contributed by atoms with Gasteiger partial charge in [-0.05, 0) is 36.6 Å². The van der Waals surface area contributed by atoms with Gasteiger partial charge in [-0.15, -0.1) is 0 Å². The Kier molecular flexibility index (Phi) is 7.69. The average Bonchev–Trinajstić information content (AvgIpc) is 2.99. The summed E-state index contributed by atoms with van der Waals surface area (Å²) in [5.74, 6) is 0.344. The number of β-amino-alcohol motifs (C(OH)–C–C–N with tert-alkyl or cyclic N) is 1. The third-order valence-corrected chi connectivity index (χ3v) is 5.67. The lowest BCUT2D eigenvalue weighted by Crippen LogP contribution is -2.45. The highest BCUT2D eigenvalue weighted by molar-refractivity contribution is 6.06. The fourth-order valence-corrected chi connectivity index (χ4v) is 3.82. The summed E-state index contributed by atoms with van der Waals surface area (Å²) in [7, 11) is 0. The maximum absolute atomic E-state index is 12.8. The minimum Gasteiger partial charge on any atom is -0.491 e. The van der Waals surface area contributed by atoms with E-state index in [-0.39, 0.29) is 19.1 Å². The molecule has 0 saturated carbocycles. The minimum absolute atomic E-state index is 0.00500. The summed E-state index contributed by atoms with van der Waals surface area (Å²) in [6.45, 7) is 3.80. The third-order valence-electron chi connectivity index (χ3n) is 5.67. The van der Waals surface area contributed by atoms with Crippen LogP contribution in [0.5, 0.6) is 5.75 Å². The van der Waals surface area contributed by atoms with Crippen molar-refractivity contribution in [3.05, 3.63) is 54.6 Å². The second-order valence-corrected chi connectivity index (χ2v) is 8.34. The van der Waals surface area contributed by atoms with Gasteiger partial charge in [0, 0.05) is 0 Å². The van der Waals surface area contributed by atoms with Gasteiger partial charge in [0.2, 0.25) is 0 Å². The van der Waals surface area contributed by atoms with Gasteiger partial charge in [-0.25, -0.2) is 4.79 Å². The van der Waals surface area contributed by atoms with Gasteiger partial charge < -0.3 is 15.2 Å². The smallest absolute Gasteiger partial charge is 0.325 e. The molecule has 3 rings (SSSR count). The van der Waals surface area contributed by atoms with Gasteiger partial charge in [-0.3, -0.25) is 9.69 Å². The number of unbranched alkanes of at least 4 members (excludes halogenated alkanes) is 3. The van der Waals surface area contributed by atoms with Gasteiger partial charge in [0.25, 0.3) is 5.91 Å². The molecule has 31 heavy (non-hydrogen) atoms. The molecule has 6 heteroatoms. The van der Waals surface area contributed by atoms with Crippen molar-refractivity contribution < 1.29 is 19.4 Å². The summed E-state index contributed by atoms with van der Waals surface area (Å²) in [6.07, 6.45) is 3.79. The van der Waals surface area contributed by atoms with Crippen molar-refractivity contribution in [2.75, 3.05) is 13.2 Å². The van der Waals surface area contributed by atoms with E-state index < -0.39 is 17.7 Å². The molecule has 1 aliphatic heterocycles. The average molecular weight is 425 g/mol. The molecular formula is C25H32N2O4. The number of aliphatic hydroxyl groups is 1. The minimum atomic E-state index is -0.967. The SMILES string of the molecule is CCCCCCC1(C)NC(=O)N(CC(O)COc2ccc(-c3ccccc3)cc2)C1=O. The number of amides is 3. The molecule has 0 spiro atoms. The number of benzene rings is 2. The van der Waals surface area contributed by atoms with E-state index in [0.29, 0.717) is 12.2 Å². The molecule has 2 aromatic rings. The first-order valence-corrected chi connectivity index (χ1v) is 11.0. The van der Waals surface area contributed by atoms with Crippen LogP contribution < -0.4 is 10.1 Å². The van der Waals surface area contributed by atoms with Crippen LogP contribution in [0, 0.1) is 0 Å². The Morgan fingerprint density at radius 2 is 1.68 bits per heavy atom. The number of nitrogens with one attached hydrogen (secondary N) is 1. The summed E-state index contributed by atoms with van der Waals surface area (Å²) in [5.41, 5.74) is 1.30. The summed E-state index contributed by atoms with van der Waals surface area (Å²) >= 11 is 0. The van der Waals surface area contributed by atoms with E-state index in [1.54, 1.807) is 6.92 Å². The Hall–Kier alpha value is -2.86. The molecule has 1 aliphatic rings. The van der Waals surface area contributed by atoms with Crippen LogP contribution in [0.4, 0.5) is 4.79 Å². The Morgan fingerprint density at radius 1 is 1.00 bits per heavy atom. The van der Waals surface area contributed by atoms with Crippen LogP contribution in [0.2, 0.25) is 0 Å². The van der Waals surface area contributed by atoms with Gasteiger partial charge in [-0.2, -0.15) is 0 Å². The molecule has 3 amide bonds. The van der Waals surface area contributed by atoms with Crippen molar-refractivity contribution >= 4 is 11.9 Å². The number of hydrogen-bond acceptors (Lipinski definition) is 4. The Morgan fingerprint density at radius 3 is 2.35 bits per heavy atom. The third kappa shape index (κ3) is 5.85. The van der Waals surface area contributed by atoms with E-state index in [4.69, 9.17) is 4.74 Å².